The highest BCUT2D eigenvalue weighted by molar-refractivity contribution is 5.73. The first-order chi connectivity index (χ1) is 29.8. The third-order valence-corrected chi connectivity index (χ3v) is 12.6. The highest BCUT2D eigenvalue weighted by Gasteiger charge is 2.19. The SMILES string of the molecule is CCCCCCCCC(CCCCCCCC)OC(=O)CCCCCCCN(CCCCCCCC(O)OC(CC)CCCCCCCC)CCCNc1c(NC)c(=O)c1=O. The maximum Gasteiger partial charge on any atom is 0.306 e. The smallest absolute Gasteiger partial charge is 0.306 e. The quantitative estimate of drug-likeness (QED) is 0.0255. The van der Waals surface area contributed by atoms with Crippen LogP contribution >= 0.6 is 0 Å². The minimum absolute atomic E-state index is 0.000709. The molecular formula is C52H99N3O6. The van der Waals surface area contributed by atoms with Crippen molar-refractivity contribution in [2.24, 2.45) is 0 Å². The summed E-state index contributed by atoms with van der Waals surface area (Å²) in [6, 6.07) is 0. The minimum Gasteiger partial charge on any atom is -0.462 e. The zero-order valence-electron chi connectivity index (χ0n) is 40.7. The second-order valence-electron chi connectivity index (χ2n) is 18.3. The summed E-state index contributed by atoms with van der Waals surface area (Å²) in [6.45, 7) is 12.6. The fourth-order valence-corrected chi connectivity index (χ4v) is 8.59. The summed E-state index contributed by atoms with van der Waals surface area (Å²) in [5.74, 6) is 0.000709. The molecule has 2 atom stereocenters. The van der Waals surface area contributed by atoms with Crippen molar-refractivity contribution in [2.45, 2.75) is 271 Å². The van der Waals surface area contributed by atoms with E-state index >= 15 is 0 Å². The van der Waals surface area contributed by atoms with E-state index in [0.717, 1.165) is 110 Å². The Hall–Kier alpha value is -1.97. The molecule has 9 heteroatoms. The third kappa shape index (κ3) is 30.7. The molecule has 1 aromatic carbocycles. The van der Waals surface area contributed by atoms with Crippen molar-refractivity contribution in [3.8, 4) is 0 Å². The van der Waals surface area contributed by atoms with Crippen molar-refractivity contribution in [3.05, 3.63) is 20.4 Å². The molecule has 0 bridgehead atoms. The van der Waals surface area contributed by atoms with Gasteiger partial charge in [0.2, 0.25) is 0 Å². The first kappa shape index (κ1) is 57.0. The number of aliphatic hydroxyl groups is 1. The number of hydrogen-bond donors (Lipinski definition) is 3. The zero-order valence-corrected chi connectivity index (χ0v) is 40.7. The van der Waals surface area contributed by atoms with E-state index in [1.165, 1.54) is 122 Å². The van der Waals surface area contributed by atoms with Gasteiger partial charge in [0, 0.05) is 20.0 Å². The lowest BCUT2D eigenvalue weighted by Gasteiger charge is -2.23. The van der Waals surface area contributed by atoms with Crippen LogP contribution in [0, 0.1) is 0 Å². The number of rotatable bonds is 47. The summed E-state index contributed by atoms with van der Waals surface area (Å²) >= 11 is 0. The van der Waals surface area contributed by atoms with E-state index in [9.17, 15) is 19.5 Å². The van der Waals surface area contributed by atoms with Crippen LogP contribution in [0.5, 0.6) is 0 Å². The van der Waals surface area contributed by atoms with Gasteiger partial charge in [-0.2, -0.15) is 0 Å². The number of unbranched alkanes of at least 4 members (excludes halogenated alkanes) is 23. The summed E-state index contributed by atoms with van der Waals surface area (Å²) < 4.78 is 12.1. The van der Waals surface area contributed by atoms with Gasteiger partial charge < -0.3 is 30.1 Å². The van der Waals surface area contributed by atoms with Gasteiger partial charge in [-0.25, -0.2) is 0 Å². The van der Waals surface area contributed by atoms with Crippen LogP contribution in [0.2, 0.25) is 0 Å². The fourth-order valence-electron chi connectivity index (χ4n) is 8.59. The molecule has 0 fully saturated rings. The number of hydrogen-bond acceptors (Lipinski definition) is 9. The summed E-state index contributed by atoms with van der Waals surface area (Å²) in [5.41, 5.74) is -0.0373. The molecule has 358 valence electrons. The molecule has 3 N–H and O–H groups in total. The van der Waals surface area contributed by atoms with Crippen LogP contribution in [0.3, 0.4) is 0 Å². The number of carbonyl (C=O) groups is 1. The molecule has 0 aliphatic rings. The predicted octanol–water partition coefficient (Wildman–Crippen LogP) is 13.4. The molecule has 0 saturated carbocycles. The fraction of sp³-hybridized carbons (Fsp3) is 0.904. The van der Waals surface area contributed by atoms with Gasteiger partial charge in [-0.05, 0) is 96.7 Å². The second kappa shape index (κ2) is 40.8. The van der Waals surface area contributed by atoms with Gasteiger partial charge in [0.25, 0.3) is 10.9 Å². The molecule has 0 saturated heterocycles. The van der Waals surface area contributed by atoms with E-state index in [0.29, 0.717) is 30.8 Å². The second-order valence-corrected chi connectivity index (χ2v) is 18.3. The zero-order chi connectivity index (χ0) is 44.6. The van der Waals surface area contributed by atoms with Gasteiger partial charge >= 0.3 is 5.97 Å². The summed E-state index contributed by atoms with van der Waals surface area (Å²) in [7, 11) is 1.68. The van der Waals surface area contributed by atoms with Gasteiger partial charge in [-0.3, -0.25) is 14.4 Å². The Kier molecular flexibility index (Phi) is 38.1. The average Bonchev–Trinajstić information content (AvgIpc) is 3.26. The van der Waals surface area contributed by atoms with Gasteiger partial charge in [0.15, 0.2) is 6.29 Å². The van der Waals surface area contributed by atoms with Crippen LogP contribution in [0.15, 0.2) is 9.59 Å². The van der Waals surface area contributed by atoms with Crippen molar-refractivity contribution in [1.82, 2.24) is 4.90 Å². The number of nitrogens with one attached hydrogen (secondary N) is 2. The number of anilines is 2. The van der Waals surface area contributed by atoms with Crippen LogP contribution in [0.4, 0.5) is 11.4 Å². The predicted molar refractivity (Wildman–Crippen MR) is 261 cm³/mol. The lowest BCUT2D eigenvalue weighted by molar-refractivity contribution is -0.150. The molecule has 9 nitrogen and oxygen atoms in total. The van der Waals surface area contributed by atoms with Crippen molar-refractivity contribution >= 4 is 17.3 Å². The van der Waals surface area contributed by atoms with E-state index in [1.54, 1.807) is 7.05 Å². The van der Waals surface area contributed by atoms with Gasteiger partial charge in [0.05, 0.1) is 6.10 Å². The topological polar surface area (TPSA) is 117 Å². The third-order valence-electron chi connectivity index (χ3n) is 12.6. The van der Waals surface area contributed by atoms with Gasteiger partial charge in [-0.15, -0.1) is 0 Å². The van der Waals surface area contributed by atoms with Crippen molar-refractivity contribution in [2.75, 3.05) is 43.9 Å². The van der Waals surface area contributed by atoms with Crippen LogP contribution in [-0.2, 0) is 14.3 Å². The van der Waals surface area contributed by atoms with E-state index < -0.39 is 17.1 Å². The molecular weight excluding hydrogens is 763 g/mol. The van der Waals surface area contributed by atoms with Crippen LogP contribution in [-0.4, -0.2) is 67.7 Å². The molecule has 2 unspecified atom stereocenters. The Bertz CT molecular complexity index is 1190. The van der Waals surface area contributed by atoms with Crippen molar-refractivity contribution in [3.63, 3.8) is 0 Å². The van der Waals surface area contributed by atoms with Crippen LogP contribution in [0.25, 0.3) is 0 Å². The van der Waals surface area contributed by atoms with Gasteiger partial charge in [-0.1, -0.05) is 169 Å². The molecule has 0 aromatic heterocycles. The molecule has 1 aromatic rings. The van der Waals surface area contributed by atoms with Crippen molar-refractivity contribution < 1.29 is 19.4 Å². The summed E-state index contributed by atoms with van der Waals surface area (Å²) in [4.78, 5) is 39.2. The summed E-state index contributed by atoms with van der Waals surface area (Å²) in [5, 5.41) is 16.6. The van der Waals surface area contributed by atoms with Gasteiger partial charge in [0.1, 0.15) is 17.5 Å². The molecule has 61 heavy (non-hydrogen) atoms. The monoisotopic (exact) mass is 862 g/mol. The first-order valence-electron chi connectivity index (χ1n) is 26.3. The van der Waals surface area contributed by atoms with Crippen molar-refractivity contribution in [1.29, 1.82) is 0 Å². The van der Waals surface area contributed by atoms with E-state index in [1.807, 2.05) is 0 Å². The Morgan fingerprint density at radius 1 is 0.525 bits per heavy atom. The highest BCUT2D eigenvalue weighted by Crippen LogP contribution is 2.20. The maximum atomic E-state index is 12.9. The van der Waals surface area contributed by atoms with E-state index in [4.69, 9.17) is 9.47 Å². The molecule has 0 aliphatic heterocycles. The summed E-state index contributed by atoms with van der Waals surface area (Å²) in [6.07, 6.45) is 39.7. The molecule has 0 spiro atoms. The number of esters is 1. The van der Waals surface area contributed by atoms with Crippen LogP contribution < -0.4 is 21.5 Å². The van der Waals surface area contributed by atoms with E-state index in [-0.39, 0.29) is 18.2 Å². The Morgan fingerprint density at radius 3 is 1.43 bits per heavy atom. The normalized spacial score (nSPS) is 12.8. The molecule has 0 heterocycles. The highest BCUT2D eigenvalue weighted by atomic mass is 16.6. The minimum atomic E-state index is -0.650. The number of aliphatic hydroxyl groups excluding tert-OH is 1. The number of carbonyl (C=O) groups excluding carboxylic acids is 1. The maximum absolute atomic E-state index is 12.9. The molecule has 0 aliphatic carbocycles. The lowest BCUT2D eigenvalue weighted by Crippen LogP contribution is -2.37. The Labute approximate surface area is 375 Å². The van der Waals surface area contributed by atoms with Crippen LogP contribution in [0.1, 0.15) is 252 Å². The Morgan fingerprint density at radius 2 is 0.934 bits per heavy atom. The van der Waals surface area contributed by atoms with E-state index in [2.05, 4.69) is 43.2 Å². The number of nitrogens with zero attached hydrogens (tertiary/aromatic N) is 1. The average molecular weight is 862 g/mol. The first-order valence-corrected chi connectivity index (χ1v) is 26.3. The lowest BCUT2D eigenvalue weighted by atomic mass is 10.0. The standard InChI is InChI=1S/C52H99N3O6/c1-6-10-13-16-21-28-36-45(9-4)60-47(56)39-31-24-19-26-33-42-55(44-35-41-54-50-49(53-5)51(58)52(50)59)43-34-27-20-25-32-40-48(57)61-46(37-29-22-17-14-11-7-2)38-30-23-18-15-12-8-3/h45-47,53-54,56H,6-44H2,1-5H3. The largest absolute Gasteiger partial charge is 0.462 e. The molecule has 0 amide bonds. The number of ether oxygens (including phenoxy) is 2. The Balaban J connectivity index is 2.41. The molecule has 1 rings (SSSR count). The molecule has 0 radical (unpaired) electrons.